The number of primary sulfonamides is 1. The van der Waals surface area contributed by atoms with E-state index in [1.54, 1.807) is 0 Å². The molecule has 0 aliphatic heterocycles. The Morgan fingerprint density at radius 2 is 2.16 bits per heavy atom. The first-order valence-corrected chi connectivity index (χ1v) is 6.56. The second-order valence-electron chi connectivity index (χ2n) is 3.48. The van der Waals surface area contributed by atoms with Crippen LogP contribution < -0.4 is 9.88 Å². The number of hydrogen-bond donors (Lipinski definition) is 1. The molecular formula is C10H11FN2O5S. The third kappa shape index (κ3) is 3.73. The minimum absolute atomic E-state index is 0.0541. The van der Waals surface area contributed by atoms with Crippen LogP contribution in [0.5, 0.6) is 5.75 Å². The Balaban J connectivity index is 3.29. The molecule has 0 bridgehead atoms. The smallest absolute Gasteiger partial charge is 0.312 e. The van der Waals surface area contributed by atoms with Gasteiger partial charge in [0.05, 0.1) is 11.5 Å². The molecule has 1 rings (SSSR count). The summed E-state index contributed by atoms with van der Waals surface area (Å²) >= 11 is 0. The summed E-state index contributed by atoms with van der Waals surface area (Å²) in [4.78, 5) is 8.97. The molecule has 0 saturated heterocycles. The highest BCUT2D eigenvalue weighted by atomic mass is 32.2. The van der Waals surface area contributed by atoms with Crippen LogP contribution in [0.2, 0.25) is 0 Å². The zero-order chi connectivity index (χ0) is 14.6. The van der Waals surface area contributed by atoms with Gasteiger partial charge in [-0.3, -0.25) is 10.1 Å². The van der Waals surface area contributed by atoms with E-state index >= 15 is 0 Å². The molecule has 0 radical (unpaired) electrons. The van der Waals surface area contributed by atoms with Crippen molar-refractivity contribution in [2.24, 2.45) is 5.14 Å². The number of nitro groups is 1. The zero-order valence-electron chi connectivity index (χ0n) is 9.71. The molecule has 1 aromatic carbocycles. The second kappa shape index (κ2) is 5.76. The summed E-state index contributed by atoms with van der Waals surface area (Å²) in [6.45, 7) is 3.48. The van der Waals surface area contributed by atoms with E-state index in [0.717, 1.165) is 0 Å². The zero-order valence-corrected chi connectivity index (χ0v) is 10.5. The summed E-state index contributed by atoms with van der Waals surface area (Å²) in [5, 5.41) is 15.5. The van der Waals surface area contributed by atoms with Gasteiger partial charge in [-0.2, -0.15) is 0 Å². The third-order valence-electron chi connectivity index (χ3n) is 2.10. The number of halogens is 1. The first-order valence-electron chi connectivity index (χ1n) is 5.01. The minimum atomic E-state index is -4.38. The molecule has 0 amide bonds. The maximum absolute atomic E-state index is 13.5. The minimum Gasteiger partial charge on any atom is -0.486 e. The van der Waals surface area contributed by atoms with Crippen LogP contribution in [0.3, 0.4) is 0 Å². The van der Waals surface area contributed by atoms with E-state index in [4.69, 9.17) is 9.88 Å². The Labute approximate surface area is 108 Å². The molecule has 0 fully saturated rings. The summed E-state index contributed by atoms with van der Waals surface area (Å²) in [6, 6.07) is 1.16. The second-order valence-corrected chi connectivity index (χ2v) is 5.01. The standard InChI is InChI=1S/C10H11FN2O5S/c1-2-3-4-18-9-5-7(11)10(19(12,16)17)6-8(9)13(14)15/h2,5-6H,1,3-4H2,(H2,12,16,17). The highest BCUT2D eigenvalue weighted by Crippen LogP contribution is 2.31. The molecule has 0 aliphatic carbocycles. The SMILES string of the molecule is C=CCCOc1cc(F)c(S(N)(=O)=O)cc1[N+](=O)[O-]. The van der Waals surface area contributed by atoms with E-state index in [0.29, 0.717) is 18.6 Å². The van der Waals surface area contributed by atoms with Crippen molar-refractivity contribution in [3.63, 3.8) is 0 Å². The third-order valence-corrected chi connectivity index (χ3v) is 3.02. The molecule has 0 spiro atoms. The molecule has 104 valence electrons. The molecule has 1 aromatic rings. The number of nitrogens with two attached hydrogens (primary N) is 1. The normalized spacial score (nSPS) is 11.1. The molecule has 0 heterocycles. The number of rotatable bonds is 6. The summed E-state index contributed by atoms with van der Waals surface area (Å²) in [5.41, 5.74) is -0.672. The molecule has 0 aromatic heterocycles. The van der Waals surface area contributed by atoms with Crippen LogP contribution in [0.1, 0.15) is 6.42 Å². The Morgan fingerprint density at radius 3 is 2.63 bits per heavy atom. The molecule has 9 heteroatoms. The van der Waals surface area contributed by atoms with Crippen molar-refractivity contribution in [3.8, 4) is 5.75 Å². The summed E-state index contributed by atoms with van der Waals surface area (Å²) < 4.78 is 40.6. The summed E-state index contributed by atoms with van der Waals surface area (Å²) in [5.74, 6) is -1.57. The van der Waals surface area contributed by atoms with Crippen LogP contribution >= 0.6 is 0 Å². The van der Waals surface area contributed by atoms with Gasteiger partial charge in [0.2, 0.25) is 10.0 Å². The summed E-state index contributed by atoms with van der Waals surface area (Å²) in [7, 11) is -4.38. The van der Waals surface area contributed by atoms with E-state index in [9.17, 15) is 22.9 Å². The number of sulfonamides is 1. The average Bonchev–Trinajstić information content (AvgIpc) is 2.27. The van der Waals surface area contributed by atoms with E-state index < -0.39 is 31.3 Å². The number of nitro benzene ring substituents is 1. The van der Waals surface area contributed by atoms with Crippen molar-refractivity contribution in [1.29, 1.82) is 0 Å². The highest BCUT2D eigenvalue weighted by molar-refractivity contribution is 7.89. The summed E-state index contributed by atoms with van der Waals surface area (Å²) in [6.07, 6.45) is 1.91. The molecule has 7 nitrogen and oxygen atoms in total. The fraction of sp³-hybridized carbons (Fsp3) is 0.200. The van der Waals surface area contributed by atoms with Gasteiger partial charge >= 0.3 is 5.69 Å². The average molecular weight is 290 g/mol. The van der Waals surface area contributed by atoms with E-state index in [1.807, 2.05) is 0 Å². The van der Waals surface area contributed by atoms with Crippen LogP contribution in [0.25, 0.3) is 0 Å². The number of ether oxygens (including phenoxy) is 1. The number of hydrogen-bond acceptors (Lipinski definition) is 5. The van der Waals surface area contributed by atoms with Crippen LogP contribution in [0.4, 0.5) is 10.1 Å². The molecule has 0 atom stereocenters. The molecular weight excluding hydrogens is 279 g/mol. The molecule has 0 saturated carbocycles. The monoisotopic (exact) mass is 290 g/mol. The maximum Gasteiger partial charge on any atom is 0.312 e. The van der Waals surface area contributed by atoms with Crippen molar-refractivity contribution < 1.29 is 22.5 Å². The lowest BCUT2D eigenvalue weighted by atomic mass is 10.3. The van der Waals surface area contributed by atoms with Gasteiger partial charge in [-0.25, -0.2) is 17.9 Å². The van der Waals surface area contributed by atoms with Crippen molar-refractivity contribution in [1.82, 2.24) is 0 Å². The van der Waals surface area contributed by atoms with E-state index in [1.165, 1.54) is 6.08 Å². The predicted octanol–water partition coefficient (Wildman–Crippen LogP) is 1.34. The van der Waals surface area contributed by atoms with Crippen molar-refractivity contribution in [3.05, 3.63) is 40.7 Å². The van der Waals surface area contributed by atoms with E-state index in [2.05, 4.69) is 6.58 Å². The van der Waals surface area contributed by atoms with Crippen LogP contribution in [-0.2, 0) is 10.0 Å². The van der Waals surface area contributed by atoms with Crippen molar-refractivity contribution >= 4 is 15.7 Å². The quantitative estimate of drug-likeness (QED) is 0.367. The topological polar surface area (TPSA) is 113 Å². The highest BCUT2D eigenvalue weighted by Gasteiger charge is 2.24. The fourth-order valence-electron chi connectivity index (χ4n) is 1.25. The van der Waals surface area contributed by atoms with Gasteiger partial charge in [-0.05, 0) is 6.42 Å². The van der Waals surface area contributed by atoms with Gasteiger partial charge < -0.3 is 4.74 Å². The Kier molecular flexibility index (Phi) is 4.57. The van der Waals surface area contributed by atoms with Crippen LogP contribution in [-0.4, -0.2) is 19.9 Å². The van der Waals surface area contributed by atoms with Crippen LogP contribution in [0, 0.1) is 15.9 Å². The van der Waals surface area contributed by atoms with Crippen molar-refractivity contribution in [2.45, 2.75) is 11.3 Å². The van der Waals surface area contributed by atoms with Gasteiger partial charge in [0.1, 0.15) is 10.7 Å². The maximum atomic E-state index is 13.5. The van der Waals surface area contributed by atoms with E-state index in [-0.39, 0.29) is 12.4 Å². The van der Waals surface area contributed by atoms with Gasteiger partial charge in [-0.1, -0.05) is 6.08 Å². The van der Waals surface area contributed by atoms with Gasteiger partial charge in [0, 0.05) is 12.1 Å². The molecule has 19 heavy (non-hydrogen) atoms. The Bertz CT molecular complexity index is 615. The molecule has 0 unspecified atom stereocenters. The fourth-order valence-corrected chi connectivity index (χ4v) is 1.86. The predicted molar refractivity (Wildman–Crippen MR) is 64.7 cm³/mol. The lowest BCUT2D eigenvalue weighted by Crippen LogP contribution is -2.15. The van der Waals surface area contributed by atoms with Crippen LogP contribution in [0.15, 0.2) is 29.7 Å². The van der Waals surface area contributed by atoms with Gasteiger partial charge in [-0.15, -0.1) is 6.58 Å². The number of benzene rings is 1. The van der Waals surface area contributed by atoms with Gasteiger partial charge in [0.25, 0.3) is 0 Å². The van der Waals surface area contributed by atoms with Crippen molar-refractivity contribution in [2.75, 3.05) is 6.61 Å². The lowest BCUT2D eigenvalue weighted by Gasteiger charge is -2.07. The largest absolute Gasteiger partial charge is 0.486 e. The molecule has 0 aliphatic rings. The van der Waals surface area contributed by atoms with Gasteiger partial charge in [0.15, 0.2) is 5.75 Å². The Hall–Kier alpha value is -2.00. The first kappa shape index (κ1) is 15.1. The number of nitrogens with zero attached hydrogens (tertiary/aromatic N) is 1. The first-order chi connectivity index (χ1) is 8.77. The lowest BCUT2D eigenvalue weighted by molar-refractivity contribution is -0.386. The molecule has 2 N–H and O–H groups in total. The Morgan fingerprint density at radius 1 is 1.53 bits per heavy atom.